The van der Waals surface area contributed by atoms with Crippen LogP contribution in [0, 0.1) is 0 Å². The fraction of sp³-hybridized carbons (Fsp3) is 0.773. The monoisotopic (exact) mass is 408 g/mol. The van der Waals surface area contributed by atoms with Crippen LogP contribution in [0.1, 0.15) is 89.7 Å². The number of aromatic amines is 1. The molecule has 0 radical (unpaired) electrons. The second kappa shape index (κ2) is 17.0. The second-order valence-corrected chi connectivity index (χ2v) is 7.60. The molecule has 1 aromatic heterocycles. The lowest BCUT2D eigenvalue weighted by Crippen LogP contribution is -2.31. The minimum atomic E-state index is -0.379. The molecule has 0 atom stereocenters. The number of aromatic nitrogens is 2. The van der Waals surface area contributed by atoms with Crippen molar-refractivity contribution in [2.75, 3.05) is 25.6 Å². The van der Waals surface area contributed by atoms with Gasteiger partial charge in [-0.15, -0.1) is 0 Å². The number of hydrogen-bond acceptors (Lipinski definition) is 4. The van der Waals surface area contributed by atoms with Crippen LogP contribution in [0.5, 0.6) is 0 Å². The molecule has 0 unspecified atom stereocenters. The van der Waals surface area contributed by atoms with E-state index in [0.717, 1.165) is 31.4 Å². The number of rotatable bonds is 17. The number of methoxy groups -OCH3 is 1. The summed E-state index contributed by atoms with van der Waals surface area (Å²) in [7, 11) is 1.62. The molecule has 166 valence electrons. The molecule has 1 aromatic rings. The van der Waals surface area contributed by atoms with Gasteiger partial charge in [-0.2, -0.15) is 0 Å². The van der Waals surface area contributed by atoms with Gasteiger partial charge in [0.15, 0.2) is 0 Å². The third kappa shape index (κ3) is 13.8. The van der Waals surface area contributed by atoms with E-state index >= 15 is 0 Å². The Morgan fingerprint density at radius 3 is 2.24 bits per heavy atom. The van der Waals surface area contributed by atoms with Crippen molar-refractivity contribution in [1.82, 2.24) is 15.3 Å². The first-order valence-corrected chi connectivity index (χ1v) is 11.3. The Balaban J connectivity index is 2.18. The largest absolute Gasteiger partial charge is 0.385 e. The lowest BCUT2D eigenvalue weighted by molar-refractivity contribution is 0.194. The molecule has 7 heteroatoms. The summed E-state index contributed by atoms with van der Waals surface area (Å²) >= 11 is 0. The van der Waals surface area contributed by atoms with Crippen LogP contribution >= 0.6 is 0 Å². The van der Waals surface area contributed by atoms with Gasteiger partial charge in [0, 0.05) is 32.0 Å². The molecule has 0 saturated heterocycles. The van der Waals surface area contributed by atoms with E-state index in [2.05, 4.69) is 27.5 Å². The van der Waals surface area contributed by atoms with Crippen molar-refractivity contribution in [3.05, 3.63) is 22.1 Å². The molecule has 0 aliphatic heterocycles. The Morgan fingerprint density at radius 1 is 1.00 bits per heavy atom. The van der Waals surface area contributed by atoms with E-state index in [1.807, 2.05) is 0 Å². The maximum atomic E-state index is 11.8. The minimum Gasteiger partial charge on any atom is -0.385 e. The molecule has 2 amide bonds. The molecule has 29 heavy (non-hydrogen) atoms. The lowest BCUT2D eigenvalue weighted by atomic mass is 10.0. The van der Waals surface area contributed by atoms with Gasteiger partial charge >= 0.3 is 6.03 Å². The van der Waals surface area contributed by atoms with Gasteiger partial charge in [0.05, 0.1) is 0 Å². The Kier molecular flexibility index (Phi) is 14.7. The highest BCUT2D eigenvalue weighted by Gasteiger charge is 2.06. The van der Waals surface area contributed by atoms with Crippen molar-refractivity contribution < 1.29 is 9.53 Å². The van der Waals surface area contributed by atoms with Crippen LogP contribution in [0.2, 0.25) is 0 Å². The Morgan fingerprint density at radius 2 is 1.62 bits per heavy atom. The lowest BCUT2D eigenvalue weighted by Gasteiger charge is -2.08. The summed E-state index contributed by atoms with van der Waals surface area (Å²) in [4.78, 5) is 30.5. The smallest absolute Gasteiger partial charge is 0.321 e. The van der Waals surface area contributed by atoms with Gasteiger partial charge in [0.25, 0.3) is 5.56 Å². The predicted molar refractivity (Wildman–Crippen MR) is 119 cm³/mol. The quantitative estimate of drug-likeness (QED) is 0.323. The SMILES string of the molecule is CCCCCCCCCCCCCc1cc(=O)[nH]c(NC(=O)NCCCOC)n1. The van der Waals surface area contributed by atoms with Crippen LogP contribution in [-0.4, -0.2) is 36.3 Å². The Bertz CT molecular complexity index is 604. The van der Waals surface area contributed by atoms with Crippen molar-refractivity contribution in [2.45, 2.75) is 90.4 Å². The van der Waals surface area contributed by atoms with Crippen molar-refractivity contribution in [2.24, 2.45) is 0 Å². The molecular formula is C22H40N4O3. The summed E-state index contributed by atoms with van der Waals surface area (Å²) in [5.74, 6) is 0.194. The number of urea groups is 1. The van der Waals surface area contributed by atoms with Crippen LogP contribution in [0.25, 0.3) is 0 Å². The normalized spacial score (nSPS) is 10.8. The van der Waals surface area contributed by atoms with E-state index < -0.39 is 0 Å². The van der Waals surface area contributed by atoms with Crippen LogP contribution in [0.15, 0.2) is 10.9 Å². The first-order chi connectivity index (χ1) is 14.2. The summed E-state index contributed by atoms with van der Waals surface area (Å²) in [5.41, 5.74) is 0.479. The van der Waals surface area contributed by atoms with Crippen molar-refractivity contribution in [1.29, 1.82) is 0 Å². The topological polar surface area (TPSA) is 96.1 Å². The molecule has 0 aliphatic rings. The Labute approximate surface area is 175 Å². The molecule has 0 saturated carbocycles. The number of anilines is 1. The van der Waals surface area contributed by atoms with Crippen LogP contribution in [0.3, 0.4) is 0 Å². The predicted octanol–water partition coefficient (Wildman–Crippen LogP) is 4.78. The van der Waals surface area contributed by atoms with Crippen molar-refractivity contribution in [3.63, 3.8) is 0 Å². The maximum Gasteiger partial charge on any atom is 0.321 e. The van der Waals surface area contributed by atoms with Gasteiger partial charge in [-0.3, -0.25) is 15.1 Å². The third-order valence-corrected chi connectivity index (χ3v) is 4.87. The summed E-state index contributed by atoms with van der Waals surface area (Å²) in [6.45, 7) is 3.34. The van der Waals surface area contributed by atoms with Gasteiger partial charge < -0.3 is 10.1 Å². The average molecular weight is 409 g/mol. The average Bonchev–Trinajstić information content (AvgIpc) is 2.69. The zero-order valence-electron chi connectivity index (χ0n) is 18.4. The highest BCUT2D eigenvalue weighted by Crippen LogP contribution is 2.12. The van der Waals surface area contributed by atoms with E-state index in [4.69, 9.17) is 4.74 Å². The fourth-order valence-corrected chi connectivity index (χ4v) is 3.24. The van der Waals surface area contributed by atoms with Crippen LogP contribution in [0.4, 0.5) is 10.7 Å². The number of H-pyrrole nitrogens is 1. The van der Waals surface area contributed by atoms with Gasteiger partial charge in [-0.05, 0) is 19.3 Å². The number of carbonyl (C=O) groups excluding carboxylic acids is 1. The number of hydrogen-bond donors (Lipinski definition) is 3. The van der Waals surface area contributed by atoms with Gasteiger partial charge in [-0.1, -0.05) is 71.1 Å². The number of aryl methyl sites for hydroxylation is 1. The third-order valence-electron chi connectivity index (χ3n) is 4.87. The van der Waals surface area contributed by atoms with Crippen LogP contribution < -0.4 is 16.2 Å². The molecule has 0 spiro atoms. The number of ether oxygens (including phenoxy) is 1. The summed E-state index contributed by atoms with van der Waals surface area (Å²) in [5, 5.41) is 5.29. The molecule has 1 rings (SSSR count). The van der Waals surface area contributed by atoms with E-state index in [0.29, 0.717) is 13.2 Å². The molecule has 0 bridgehead atoms. The molecule has 0 fully saturated rings. The highest BCUT2D eigenvalue weighted by molar-refractivity contribution is 5.87. The Hall–Kier alpha value is -1.89. The summed E-state index contributed by atoms with van der Waals surface area (Å²) < 4.78 is 4.93. The zero-order chi connectivity index (χ0) is 21.2. The van der Waals surface area contributed by atoms with Gasteiger partial charge in [-0.25, -0.2) is 9.78 Å². The first-order valence-electron chi connectivity index (χ1n) is 11.3. The van der Waals surface area contributed by atoms with E-state index in [1.54, 1.807) is 7.11 Å². The number of nitrogens with zero attached hydrogens (tertiary/aromatic N) is 1. The van der Waals surface area contributed by atoms with Crippen LogP contribution in [-0.2, 0) is 11.2 Å². The number of nitrogens with one attached hydrogen (secondary N) is 3. The van der Waals surface area contributed by atoms with Crippen molar-refractivity contribution in [3.8, 4) is 0 Å². The fourth-order valence-electron chi connectivity index (χ4n) is 3.24. The summed E-state index contributed by atoms with van der Waals surface area (Å²) in [6, 6.07) is 1.13. The second-order valence-electron chi connectivity index (χ2n) is 7.60. The maximum absolute atomic E-state index is 11.8. The van der Waals surface area contributed by atoms with E-state index in [9.17, 15) is 9.59 Å². The van der Waals surface area contributed by atoms with Gasteiger partial charge in [0.2, 0.25) is 5.95 Å². The zero-order valence-corrected chi connectivity index (χ0v) is 18.4. The first kappa shape index (κ1) is 25.1. The van der Waals surface area contributed by atoms with E-state index in [1.165, 1.54) is 63.9 Å². The number of carbonyl (C=O) groups is 1. The molecule has 0 aromatic carbocycles. The highest BCUT2D eigenvalue weighted by atomic mass is 16.5. The molecule has 7 nitrogen and oxygen atoms in total. The van der Waals surface area contributed by atoms with Crippen molar-refractivity contribution >= 4 is 12.0 Å². The van der Waals surface area contributed by atoms with Gasteiger partial charge in [0.1, 0.15) is 0 Å². The number of unbranched alkanes of at least 4 members (excludes halogenated alkanes) is 10. The molecule has 1 heterocycles. The molecular weight excluding hydrogens is 368 g/mol. The minimum absolute atomic E-state index is 0.194. The number of amides is 2. The molecule has 0 aliphatic carbocycles. The van der Waals surface area contributed by atoms with E-state index in [-0.39, 0.29) is 17.5 Å². The summed E-state index contributed by atoms with van der Waals surface area (Å²) in [6.07, 6.45) is 15.6. The molecule has 3 N–H and O–H groups in total. The standard InChI is InChI=1S/C22H40N4O3/c1-3-4-5-6-7-8-9-10-11-12-13-15-19-18-20(27)25-21(24-19)26-22(28)23-16-14-17-29-2/h18H,3-17H2,1-2H3,(H3,23,24,25,26,27,28).